The summed E-state index contributed by atoms with van der Waals surface area (Å²) in [4.78, 5) is 0. The van der Waals surface area contributed by atoms with Gasteiger partial charge in [0.15, 0.2) is 0 Å². The van der Waals surface area contributed by atoms with Gasteiger partial charge in [-0.2, -0.15) is 0 Å². The fourth-order valence-corrected chi connectivity index (χ4v) is 6.51. The van der Waals surface area contributed by atoms with Crippen LogP contribution in [0.5, 0.6) is 0 Å². The molecule has 0 N–H and O–H groups in total. The maximum atomic E-state index is 2.31. The van der Waals surface area contributed by atoms with Gasteiger partial charge in [-0.25, -0.2) is 0 Å². The SMILES string of the molecule is CCCCCCCCCCCCCCCCCCCCCCCCCCCCCCCCCCCCCCCC. The van der Waals surface area contributed by atoms with Crippen LogP contribution in [0.15, 0.2) is 0 Å². The van der Waals surface area contributed by atoms with E-state index in [-0.39, 0.29) is 0 Å². The van der Waals surface area contributed by atoms with Gasteiger partial charge in [0.1, 0.15) is 0 Å². The Morgan fingerprint density at radius 1 is 0.125 bits per heavy atom. The fourth-order valence-electron chi connectivity index (χ4n) is 6.51. The lowest BCUT2D eigenvalue weighted by molar-refractivity contribution is 0.510. The lowest BCUT2D eigenvalue weighted by atomic mass is 10.0. The van der Waals surface area contributed by atoms with Crippen molar-refractivity contribution in [2.24, 2.45) is 0 Å². The Balaban J connectivity index is 3.01. The van der Waals surface area contributed by atoms with E-state index >= 15 is 0 Å². The maximum Gasteiger partial charge on any atom is -0.0533 e. The molecule has 0 amide bonds. The highest BCUT2D eigenvalue weighted by molar-refractivity contribution is 4.53. The van der Waals surface area contributed by atoms with E-state index in [2.05, 4.69) is 13.8 Å². The standard InChI is InChI=1S/C40H82/c1-3-5-7-9-11-13-15-17-19-21-23-25-27-29-31-33-35-37-39-40-38-36-34-32-30-28-26-24-22-20-18-16-14-12-10-8-6-4-2/h3-40H2,1-2H3. The van der Waals surface area contributed by atoms with Crippen LogP contribution in [0.3, 0.4) is 0 Å². The molecule has 0 heterocycles. The lowest BCUT2D eigenvalue weighted by Gasteiger charge is -2.05. The first-order valence-corrected chi connectivity index (χ1v) is 19.9. The quantitative estimate of drug-likeness (QED) is 0.0660. The molecule has 0 aliphatic carbocycles. The van der Waals surface area contributed by atoms with Gasteiger partial charge in [-0.05, 0) is 0 Å². The molecule has 0 heteroatoms. The molecule has 0 saturated carbocycles. The summed E-state index contributed by atoms with van der Waals surface area (Å²) in [6.45, 7) is 4.62. The number of hydrogen-bond acceptors (Lipinski definition) is 0. The highest BCUT2D eigenvalue weighted by Crippen LogP contribution is 2.17. The van der Waals surface area contributed by atoms with Gasteiger partial charge in [-0.1, -0.05) is 258 Å². The highest BCUT2D eigenvalue weighted by Gasteiger charge is 1.97. The van der Waals surface area contributed by atoms with E-state index in [1.807, 2.05) is 0 Å². The first-order chi connectivity index (χ1) is 19.9. The normalized spacial score (nSPS) is 11.6. The highest BCUT2D eigenvalue weighted by atomic mass is 14.0. The van der Waals surface area contributed by atoms with Crippen LogP contribution in [0.2, 0.25) is 0 Å². The zero-order valence-corrected chi connectivity index (χ0v) is 28.9. The summed E-state index contributed by atoms with van der Waals surface area (Å²) in [5, 5.41) is 0. The Labute approximate surface area is 257 Å². The van der Waals surface area contributed by atoms with E-state index in [9.17, 15) is 0 Å². The van der Waals surface area contributed by atoms with Gasteiger partial charge in [-0.3, -0.25) is 0 Å². The molecule has 242 valence electrons. The van der Waals surface area contributed by atoms with Crippen LogP contribution in [-0.2, 0) is 0 Å². The van der Waals surface area contributed by atoms with E-state index in [1.54, 1.807) is 0 Å². The minimum Gasteiger partial charge on any atom is -0.0654 e. The molecule has 0 atom stereocenters. The van der Waals surface area contributed by atoms with Gasteiger partial charge in [-0.15, -0.1) is 0 Å². The van der Waals surface area contributed by atoms with Crippen molar-refractivity contribution in [1.29, 1.82) is 0 Å². The van der Waals surface area contributed by atoms with Crippen molar-refractivity contribution in [2.45, 2.75) is 258 Å². The molecule has 0 rings (SSSR count). The summed E-state index contributed by atoms with van der Waals surface area (Å²) in [5.74, 6) is 0. The molecule has 0 aliphatic rings. The second-order valence-corrected chi connectivity index (χ2v) is 13.7. The fraction of sp³-hybridized carbons (Fsp3) is 1.00. The average molecular weight is 563 g/mol. The topological polar surface area (TPSA) is 0 Å². The molecule has 0 nitrogen and oxygen atoms in total. The Hall–Kier alpha value is 0. The first kappa shape index (κ1) is 40.0. The zero-order chi connectivity index (χ0) is 28.9. The summed E-state index contributed by atoms with van der Waals surface area (Å²) in [6.07, 6.45) is 56.4. The predicted molar refractivity (Wildman–Crippen MR) is 187 cm³/mol. The summed E-state index contributed by atoms with van der Waals surface area (Å²) >= 11 is 0. The van der Waals surface area contributed by atoms with Gasteiger partial charge in [0.05, 0.1) is 0 Å². The largest absolute Gasteiger partial charge is 0.0654 e. The second-order valence-electron chi connectivity index (χ2n) is 13.7. The second kappa shape index (κ2) is 39.0. The molecular formula is C40H82. The summed E-state index contributed by atoms with van der Waals surface area (Å²) < 4.78 is 0. The van der Waals surface area contributed by atoms with E-state index in [1.165, 1.54) is 244 Å². The number of hydrogen-bond donors (Lipinski definition) is 0. The van der Waals surface area contributed by atoms with Crippen LogP contribution in [-0.4, -0.2) is 0 Å². The summed E-state index contributed by atoms with van der Waals surface area (Å²) in [5.41, 5.74) is 0. The molecule has 0 spiro atoms. The van der Waals surface area contributed by atoms with Crippen LogP contribution in [0.25, 0.3) is 0 Å². The van der Waals surface area contributed by atoms with Crippen molar-refractivity contribution >= 4 is 0 Å². The Morgan fingerprint density at radius 3 is 0.275 bits per heavy atom. The molecule has 0 aromatic heterocycles. The van der Waals surface area contributed by atoms with Crippen molar-refractivity contribution < 1.29 is 0 Å². The van der Waals surface area contributed by atoms with Crippen molar-refractivity contribution in [2.75, 3.05) is 0 Å². The molecule has 0 fully saturated rings. The van der Waals surface area contributed by atoms with Crippen molar-refractivity contribution in [3.05, 3.63) is 0 Å². The molecule has 40 heavy (non-hydrogen) atoms. The number of rotatable bonds is 37. The van der Waals surface area contributed by atoms with Crippen LogP contribution in [0, 0.1) is 0 Å². The molecule has 0 saturated heterocycles. The molecular weight excluding hydrogens is 480 g/mol. The van der Waals surface area contributed by atoms with Gasteiger partial charge in [0.25, 0.3) is 0 Å². The number of unbranched alkanes of at least 4 members (excludes halogenated alkanes) is 37. The van der Waals surface area contributed by atoms with E-state index in [0.29, 0.717) is 0 Å². The minimum atomic E-state index is 1.37. The van der Waals surface area contributed by atoms with Crippen LogP contribution in [0.4, 0.5) is 0 Å². The summed E-state index contributed by atoms with van der Waals surface area (Å²) in [7, 11) is 0. The Bertz CT molecular complexity index is 361. The van der Waals surface area contributed by atoms with Crippen molar-refractivity contribution in [3.63, 3.8) is 0 Å². The van der Waals surface area contributed by atoms with E-state index < -0.39 is 0 Å². The van der Waals surface area contributed by atoms with Crippen LogP contribution >= 0.6 is 0 Å². The third-order valence-electron chi connectivity index (χ3n) is 9.46. The molecule has 0 unspecified atom stereocenters. The Morgan fingerprint density at radius 2 is 0.200 bits per heavy atom. The first-order valence-electron chi connectivity index (χ1n) is 19.9. The molecule has 0 aliphatic heterocycles. The van der Waals surface area contributed by atoms with Crippen LogP contribution < -0.4 is 0 Å². The Kier molecular flexibility index (Phi) is 39.0. The maximum absolute atomic E-state index is 2.31. The minimum absolute atomic E-state index is 1.37. The third kappa shape index (κ3) is 38.0. The van der Waals surface area contributed by atoms with Gasteiger partial charge in [0.2, 0.25) is 0 Å². The molecule has 0 aromatic carbocycles. The predicted octanol–water partition coefficient (Wildman–Crippen LogP) is 15.8. The third-order valence-corrected chi connectivity index (χ3v) is 9.46. The average Bonchev–Trinajstić information content (AvgIpc) is 2.97. The smallest absolute Gasteiger partial charge is 0.0533 e. The molecule has 0 bridgehead atoms. The van der Waals surface area contributed by atoms with Crippen molar-refractivity contribution in [1.82, 2.24) is 0 Å². The zero-order valence-electron chi connectivity index (χ0n) is 28.9. The lowest BCUT2D eigenvalue weighted by Crippen LogP contribution is -1.85. The van der Waals surface area contributed by atoms with Gasteiger partial charge < -0.3 is 0 Å². The molecule has 0 aromatic rings. The van der Waals surface area contributed by atoms with Crippen molar-refractivity contribution in [3.8, 4) is 0 Å². The van der Waals surface area contributed by atoms with Gasteiger partial charge in [0, 0.05) is 0 Å². The van der Waals surface area contributed by atoms with Crippen LogP contribution in [0.1, 0.15) is 258 Å². The van der Waals surface area contributed by atoms with Gasteiger partial charge >= 0.3 is 0 Å². The monoisotopic (exact) mass is 563 g/mol. The van der Waals surface area contributed by atoms with E-state index in [0.717, 1.165) is 0 Å². The van der Waals surface area contributed by atoms with E-state index in [4.69, 9.17) is 0 Å². The summed E-state index contributed by atoms with van der Waals surface area (Å²) in [6, 6.07) is 0. The molecule has 0 radical (unpaired) electrons.